The summed E-state index contributed by atoms with van der Waals surface area (Å²) in [5.74, 6) is 1.71. The topological polar surface area (TPSA) is 106 Å². The molecule has 9 nitrogen and oxygen atoms in total. The van der Waals surface area contributed by atoms with Crippen molar-refractivity contribution in [2.75, 3.05) is 32.4 Å². The SMILES string of the molecule is CCCn1c(NCc2ccc3c(c2)OCO3)c(/C=C2/SC(=S)N(CCCOC)C2=O)c(C)c(C#N)c1=O. The maximum absolute atomic E-state index is 13.2. The first-order chi connectivity index (χ1) is 17.9. The lowest BCUT2D eigenvalue weighted by atomic mass is 10.0. The second-order valence-electron chi connectivity index (χ2n) is 8.55. The number of methoxy groups -OCH3 is 1. The van der Waals surface area contributed by atoms with Crippen molar-refractivity contribution in [1.82, 2.24) is 9.47 Å². The van der Waals surface area contributed by atoms with E-state index in [0.29, 0.717) is 76.8 Å². The van der Waals surface area contributed by atoms with Crippen LogP contribution in [0.4, 0.5) is 5.82 Å². The second-order valence-corrected chi connectivity index (χ2v) is 10.2. The van der Waals surface area contributed by atoms with E-state index in [-0.39, 0.29) is 23.8 Å². The highest BCUT2D eigenvalue weighted by Gasteiger charge is 2.32. The van der Waals surface area contributed by atoms with Crippen LogP contribution in [0.2, 0.25) is 0 Å². The third-order valence-electron chi connectivity index (χ3n) is 6.10. The molecule has 0 radical (unpaired) electrons. The quantitative estimate of drug-likeness (QED) is 0.272. The molecule has 0 spiro atoms. The Morgan fingerprint density at radius 3 is 2.78 bits per heavy atom. The number of hydrogen-bond donors (Lipinski definition) is 1. The first kappa shape index (κ1) is 26.7. The molecule has 1 aromatic heterocycles. The lowest BCUT2D eigenvalue weighted by molar-refractivity contribution is -0.122. The molecule has 1 fully saturated rings. The van der Waals surface area contributed by atoms with Crippen molar-refractivity contribution in [2.45, 2.75) is 39.8 Å². The normalized spacial score (nSPS) is 15.5. The third-order valence-corrected chi connectivity index (χ3v) is 7.48. The summed E-state index contributed by atoms with van der Waals surface area (Å²) in [5.41, 5.74) is 1.75. The highest BCUT2D eigenvalue weighted by atomic mass is 32.2. The predicted molar refractivity (Wildman–Crippen MR) is 147 cm³/mol. The minimum atomic E-state index is -0.362. The van der Waals surface area contributed by atoms with Gasteiger partial charge < -0.3 is 19.5 Å². The first-order valence-electron chi connectivity index (χ1n) is 11.9. The second kappa shape index (κ2) is 11.8. The Hall–Kier alpha value is -3.33. The largest absolute Gasteiger partial charge is 0.454 e. The summed E-state index contributed by atoms with van der Waals surface area (Å²) >= 11 is 6.67. The molecule has 37 heavy (non-hydrogen) atoms. The number of nitrogens with zero attached hydrogens (tertiary/aromatic N) is 3. The zero-order valence-corrected chi connectivity index (χ0v) is 22.6. The number of amides is 1. The fraction of sp³-hybridized carbons (Fsp3) is 0.385. The molecular formula is C26H28N4O5S2. The molecule has 2 aliphatic heterocycles. The summed E-state index contributed by atoms with van der Waals surface area (Å²) in [5, 5.41) is 13.2. The van der Waals surface area contributed by atoms with E-state index < -0.39 is 0 Å². The van der Waals surface area contributed by atoms with E-state index in [9.17, 15) is 14.9 Å². The Morgan fingerprint density at radius 2 is 2.05 bits per heavy atom. The van der Waals surface area contributed by atoms with Crippen LogP contribution in [-0.4, -0.2) is 46.7 Å². The van der Waals surface area contributed by atoms with Gasteiger partial charge in [0.05, 0.1) is 4.91 Å². The number of thioether (sulfide) groups is 1. The molecule has 2 aliphatic rings. The van der Waals surface area contributed by atoms with Gasteiger partial charge in [-0.25, -0.2) is 0 Å². The number of anilines is 1. The average molecular weight is 541 g/mol. The van der Waals surface area contributed by atoms with Crippen LogP contribution in [0.25, 0.3) is 6.08 Å². The van der Waals surface area contributed by atoms with E-state index in [1.807, 2.05) is 25.1 Å². The van der Waals surface area contributed by atoms with E-state index in [4.69, 9.17) is 26.4 Å². The highest BCUT2D eigenvalue weighted by Crippen LogP contribution is 2.36. The van der Waals surface area contributed by atoms with Gasteiger partial charge in [0, 0.05) is 38.9 Å². The molecule has 1 N–H and O–H groups in total. The van der Waals surface area contributed by atoms with Gasteiger partial charge >= 0.3 is 0 Å². The number of pyridine rings is 1. The molecule has 0 saturated carbocycles. The van der Waals surface area contributed by atoms with Crippen molar-refractivity contribution in [1.29, 1.82) is 5.26 Å². The molecule has 2 aromatic rings. The van der Waals surface area contributed by atoms with Gasteiger partial charge in [-0.2, -0.15) is 5.26 Å². The Kier molecular flexibility index (Phi) is 8.53. The molecule has 1 saturated heterocycles. The van der Waals surface area contributed by atoms with Crippen LogP contribution in [0, 0.1) is 18.3 Å². The van der Waals surface area contributed by atoms with Crippen LogP contribution in [-0.2, 0) is 22.6 Å². The van der Waals surface area contributed by atoms with Gasteiger partial charge in [0.2, 0.25) is 6.79 Å². The molecule has 0 aliphatic carbocycles. The minimum Gasteiger partial charge on any atom is -0.454 e. The van der Waals surface area contributed by atoms with Gasteiger partial charge in [-0.1, -0.05) is 37.0 Å². The van der Waals surface area contributed by atoms with E-state index in [2.05, 4.69) is 11.4 Å². The number of carbonyl (C=O) groups excluding carboxylic acids is 1. The first-order valence-corrected chi connectivity index (χ1v) is 13.2. The molecule has 1 aromatic carbocycles. The number of aromatic nitrogens is 1. The standard InChI is InChI=1S/C26H28N4O5S2/c1-4-8-29-23(28-14-17-6-7-20-21(11-17)35-15-34-20)18(16(2)19(13-27)24(29)31)12-22-25(32)30(26(36)37-22)9-5-10-33-3/h6-7,11-12,28H,4-5,8-10,14-15H2,1-3H3/b22-12+. The van der Waals surface area contributed by atoms with Crippen LogP contribution in [0.1, 0.15) is 42.0 Å². The van der Waals surface area contributed by atoms with Gasteiger partial charge in [-0.05, 0) is 49.1 Å². The number of nitrogens with one attached hydrogen (secondary N) is 1. The Morgan fingerprint density at radius 1 is 1.27 bits per heavy atom. The van der Waals surface area contributed by atoms with Crippen molar-refractivity contribution < 1.29 is 19.0 Å². The van der Waals surface area contributed by atoms with Crippen LogP contribution >= 0.6 is 24.0 Å². The van der Waals surface area contributed by atoms with E-state index in [1.54, 1.807) is 29.6 Å². The molecule has 11 heteroatoms. The Balaban J connectivity index is 1.74. The molecule has 3 heterocycles. The highest BCUT2D eigenvalue weighted by molar-refractivity contribution is 8.26. The van der Waals surface area contributed by atoms with Crippen LogP contribution in [0.15, 0.2) is 27.9 Å². The fourth-order valence-electron chi connectivity index (χ4n) is 4.22. The number of ether oxygens (including phenoxy) is 3. The zero-order chi connectivity index (χ0) is 26.5. The summed E-state index contributed by atoms with van der Waals surface area (Å²) < 4.78 is 18.0. The van der Waals surface area contributed by atoms with Crippen molar-refractivity contribution in [3.05, 3.63) is 55.7 Å². The number of nitriles is 1. The van der Waals surface area contributed by atoms with Crippen LogP contribution in [0.5, 0.6) is 11.5 Å². The number of carbonyl (C=O) groups is 1. The number of hydrogen-bond acceptors (Lipinski definition) is 9. The zero-order valence-electron chi connectivity index (χ0n) is 21.0. The number of thiocarbonyl (C=S) groups is 1. The lowest BCUT2D eigenvalue weighted by Crippen LogP contribution is -2.30. The summed E-state index contributed by atoms with van der Waals surface area (Å²) in [6.07, 6.45) is 3.09. The Labute approximate surface area is 225 Å². The van der Waals surface area contributed by atoms with Gasteiger partial charge in [0.25, 0.3) is 11.5 Å². The van der Waals surface area contributed by atoms with E-state index in [1.165, 1.54) is 11.8 Å². The van der Waals surface area contributed by atoms with Gasteiger partial charge in [-0.3, -0.25) is 19.1 Å². The van der Waals surface area contributed by atoms with Crippen molar-refractivity contribution >= 4 is 46.1 Å². The summed E-state index contributed by atoms with van der Waals surface area (Å²) in [7, 11) is 1.61. The van der Waals surface area contributed by atoms with Crippen molar-refractivity contribution in [2.24, 2.45) is 0 Å². The summed E-state index contributed by atoms with van der Waals surface area (Å²) in [6, 6.07) is 7.71. The molecule has 0 atom stereocenters. The van der Waals surface area contributed by atoms with Crippen LogP contribution in [0.3, 0.4) is 0 Å². The number of fused-ring (bicyclic) bond motifs is 1. The monoisotopic (exact) mass is 540 g/mol. The van der Waals surface area contributed by atoms with Crippen molar-refractivity contribution in [3.8, 4) is 17.6 Å². The third kappa shape index (κ3) is 5.51. The number of benzene rings is 1. The van der Waals surface area contributed by atoms with E-state index >= 15 is 0 Å². The molecule has 0 unspecified atom stereocenters. The average Bonchev–Trinajstić information content (AvgIpc) is 3.46. The minimum absolute atomic E-state index is 0.0592. The predicted octanol–water partition coefficient (Wildman–Crippen LogP) is 4.02. The summed E-state index contributed by atoms with van der Waals surface area (Å²) in [4.78, 5) is 28.4. The molecular weight excluding hydrogens is 512 g/mol. The van der Waals surface area contributed by atoms with Gasteiger partial charge in [0.1, 0.15) is 21.8 Å². The lowest BCUT2D eigenvalue weighted by Gasteiger charge is -2.20. The summed E-state index contributed by atoms with van der Waals surface area (Å²) in [6.45, 7) is 5.67. The number of rotatable bonds is 10. The Bertz CT molecular complexity index is 1360. The fourth-order valence-corrected chi connectivity index (χ4v) is 5.51. The molecule has 1 amide bonds. The van der Waals surface area contributed by atoms with Crippen molar-refractivity contribution in [3.63, 3.8) is 0 Å². The van der Waals surface area contributed by atoms with Gasteiger partial charge in [0.15, 0.2) is 11.5 Å². The maximum Gasteiger partial charge on any atom is 0.270 e. The smallest absolute Gasteiger partial charge is 0.270 e. The van der Waals surface area contributed by atoms with Crippen LogP contribution < -0.4 is 20.3 Å². The molecule has 0 bridgehead atoms. The maximum atomic E-state index is 13.2. The van der Waals surface area contributed by atoms with Gasteiger partial charge in [-0.15, -0.1) is 0 Å². The van der Waals surface area contributed by atoms with E-state index in [0.717, 1.165) is 5.56 Å². The molecule has 194 valence electrons. The molecule has 4 rings (SSSR count).